The van der Waals surface area contributed by atoms with E-state index in [0.717, 1.165) is 0 Å². The minimum Gasteiger partial charge on any atom is -0.394 e. The molecular weight excluding hydrogens is 369 g/mol. The molecule has 1 aromatic carbocycles. The molecule has 4 atom stereocenters. The lowest BCUT2D eigenvalue weighted by atomic mass is 9.98. The zero-order valence-corrected chi connectivity index (χ0v) is 14.9. The van der Waals surface area contributed by atoms with Crippen LogP contribution in [0.3, 0.4) is 0 Å². The molecule has 0 bridgehead atoms. The lowest BCUT2D eigenvalue weighted by Crippen LogP contribution is -2.40. The van der Waals surface area contributed by atoms with Crippen LogP contribution >= 0.6 is 0 Å². The molecule has 3 N–H and O–H groups in total. The first kappa shape index (κ1) is 18.4. The van der Waals surface area contributed by atoms with E-state index in [4.69, 9.17) is 4.74 Å². The molecule has 1 fully saturated rings. The fraction of sp³-hybridized carbons (Fsp3) is 0.333. The van der Waals surface area contributed by atoms with Crippen molar-refractivity contribution in [3.05, 3.63) is 48.5 Å². The van der Waals surface area contributed by atoms with Crippen LogP contribution in [0.25, 0.3) is 11.2 Å². The maximum Gasteiger partial charge on any atom is 0.256 e. The predicted molar refractivity (Wildman–Crippen MR) is 96.2 cm³/mol. The van der Waals surface area contributed by atoms with E-state index in [0.29, 0.717) is 5.56 Å². The van der Waals surface area contributed by atoms with Crippen LogP contribution in [-0.2, 0) is 4.74 Å². The van der Waals surface area contributed by atoms with E-state index >= 15 is 4.39 Å². The van der Waals surface area contributed by atoms with Crippen LogP contribution in [0.2, 0.25) is 0 Å². The number of nitrogens with zero attached hydrogens (tertiary/aromatic N) is 4. The molecule has 1 amide bonds. The van der Waals surface area contributed by atoms with E-state index in [-0.39, 0.29) is 22.9 Å². The highest BCUT2D eigenvalue weighted by Gasteiger charge is 2.55. The van der Waals surface area contributed by atoms with Gasteiger partial charge in [-0.3, -0.25) is 9.36 Å². The first-order valence-electron chi connectivity index (χ1n) is 8.60. The van der Waals surface area contributed by atoms with Crippen LogP contribution in [-0.4, -0.2) is 60.1 Å². The maximum absolute atomic E-state index is 15.1. The fourth-order valence-corrected chi connectivity index (χ4v) is 3.25. The number of carbonyl (C=O) groups excluding carboxylic acids is 1. The summed E-state index contributed by atoms with van der Waals surface area (Å²) in [7, 11) is 0. The first-order chi connectivity index (χ1) is 13.4. The maximum atomic E-state index is 15.1. The van der Waals surface area contributed by atoms with Crippen molar-refractivity contribution in [3.8, 4) is 0 Å². The average molecular weight is 387 g/mol. The third-order valence-corrected chi connectivity index (χ3v) is 4.78. The number of fused-ring (bicyclic) bond motifs is 1. The number of aliphatic hydroxyl groups excluding tert-OH is 2. The summed E-state index contributed by atoms with van der Waals surface area (Å²) in [5.74, 6) is -0.214. The van der Waals surface area contributed by atoms with Crippen LogP contribution in [0, 0.1) is 0 Å². The summed E-state index contributed by atoms with van der Waals surface area (Å²) in [6, 6.07) is 8.58. The molecule has 4 unspecified atom stereocenters. The second-order valence-corrected chi connectivity index (χ2v) is 6.67. The highest BCUT2D eigenvalue weighted by atomic mass is 19.1. The third kappa shape index (κ3) is 2.91. The van der Waals surface area contributed by atoms with Crippen molar-refractivity contribution in [2.24, 2.45) is 0 Å². The summed E-state index contributed by atoms with van der Waals surface area (Å²) in [6.07, 6.45) is -1.33. The summed E-state index contributed by atoms with van der Waals surface area (Å²) in [5.41, 5.74) is -1.27. The number of carbonyl (C=O) groups is 1. The van der Waals surface area contributed by atoms with E-state index in [1.165, 1.54) is 24.1 Å². The van der Waals surface area contributed by atoms with E-state index in [1.807, 2.05) is 0 Å². The van der Waals surface area contributed by atoms with Gasteiger partial charge in [0, 0.05) is 5.56 Å². The summed E-state index contributed by atoms with van der Waals surface area (Å²) < 4.78 is 21.9. The van der Waals surface area contributed by atoms with Crippen molar-refractivity contribution in [2.45, 2.75) is 31.0 Å². The molecular formula is C18H18FN5O4. The van der Waals surface area contributed by atoms with E-state index in [9.17, 15) is 15.0 Å². The van der Waals surface area contributed by atoms with Gasteiger partial charge in [0.05, 0.1) is 12.9 Å². The second kappa shape index (κ2) is 6.89. The van der Waals surface area contributed by atoms with Crippen LogP contribution in [0.15, 0.2) is 43.0 Å². The second-order valence-electron chi connectivity index (χ2n) is 6.67. The lowest BCUT2D eigenvalue weighted by molar-refractivity contribution is -0.0566. The number of anilines is 1. The summed E-state index contributed by atoms with van der Waals surface area (Å²) in [4.78, 5) is 24.7. The Balaban J connectivity index is 1.69. The molecule has 146 valence electrons. The Morgan fingerprint density at radius 3 is 2.75 bits per heavy atom. The summed E-state index contributed by atoms with van der Waals surface area (Å²) in [6.45, 7) is 0.653. The van der Waals surface area contributed by atoms with Crippen LogP contribution in [0.4, 0.5) is 10.2 Å². The highest BCUT2D eigenvalue weighted by Crippen LogP contribution is 2.42. The minimum atomic E-state index is -2.18. The molecule has 0 spiro atoms. The van der Waals surface area contributed by atoms with Crippen LogP contribution < -0.4 is 5.32 Å². The average Bonchev–Trinajstić information content (AvgIpc) is 3.22. The van der Waals surface area contributed by atoms with Gasteiger partial charge < -0.3 is 20.3 Å². The standard InChI is InChI=1S/C18H18FN5O4/c1-18(19)13(26)11(7-25)28-17(18)24-9-22-12-14(20-8-21-15(12)24)23-16(27)10-5-3-2-4-6-10/h2-6,8-9,11,13,17,25-26H,7H2,1H3,(H,20,21,23,27). The van der Waals surface area contributed by atoms with E-state index < -0.39 is 30.7 Å². The predicted octanol–water partition coefficient (Wildman–Crippen LogP) is 1.06. The van der Waals surface area contributed by atoms with Crippen LogP contribution in [0.5, 0.6) is 0 Å². The lowest BCUT2D eigenvalue weighted by Gasteiger charge is -2.24. The Kier molecular flexibility index (Phi) is 4.53. The number of aromatic nitrogens is 4. The van der Waals surface area contributed by atoms with E-state index in [2.05, 4.69) is 20.3 Å². The minimum absolute atomic E-state index is 0.162. The number of ether oxygens (including phenoxy) is 1. The number of hydrogen-bond acceptors (Lipinski definition) is 7. The van der Waals surface area contributed by atoms with Gasteiger partial charge in [0.25, 0.3) is 5.91 Å². The van der Waals surface area contributed by atoms with Gasteiger partial charge in [-0.25, -0.2) is 19.3 Å². The number of rotatable bonds is 4. The Labute approximate surface area is 158 Å². The quantitative estimate of drug-likeness (QED) is 0.612. The zero-order valence-electron chi connectivity index (χ0n) is 14.9. The molecule has 0 radical (unpaired) electrons. The molecule has 2 aromatic heterocycles. The fourth-order valence-electron chi connectivity index (χ4n) is 3.25. The largest absolute Gasteiger partial charge is 0.394 e. The molecule has 0 aliphatic carbocycles. The number of alkyl halides is 1. The normalized spacial score (nSPS) is 27.2. The van der Waals surface area contributed by atoms with Gasteiger partial charge in [-0.2, -0.15) is 0 Å². The van der Waals surface area contributed by atoms with Gasteiger partial charge in [0.15, 0.2) is 28.9 Å². The molecule has 0 saturated carbocycles. The number of nitrogens with one attached hydrogen (secondary N) is 1. The van der Waals surface area contributed by atoms with Crippen molar-refractivity contribution < 1.29 is 24.1 Å². The smallest absolute Gasteiger partial charge is 0.256 e. The summed E-state index contributed by atoms with van der Waals surface area (Å²) in [5, 5.41) is 22.0. The number of imidazole rings is 1. The zero-order chi connectivity index (χ0) is 19.9. The van der Waals surface area contributed by atoms with Crippen molar-refractivity contribution in [3.63, 3.8) is 0 Å². The van der Waals surface area contributed by atoms with Gasteiger partial charge in [-0.15, -0.1) is 0 Å². The molecule has 10 heteroatoms. The number of hydrogen-bond donors (Lipinski definition) is 3. The van der Waals surface area contributed by atoms with Crippen molar-refractivity contribution in [2.75, 3.05) is 11.9 Å². The van der Waals surface area contributed by atoms with Gasteiger partial charge in [-0.05, 0) is 19.1 Å². The monoisotopic (exact) mass is 387 g/mol. The van der Waals surface area contributed by atoms with Gasteiger partial charge >= 0.3 is 0 Å². The molecule has 3 heterocycles. The van der Waals surface area contributed by atoms with Crippen molar-refractivity contribution in [1.29, 1.82) is 0 Å². The Bertz CT molecular complexity index is 1010. The molecule has 1 aliphatic heterocycles. The Hall–Kier alpha value is -2.95. The molecule has 1 aliphatic rings. The van der Waals surface area contributed by atoms with Crippen molar-refractivity contribution in [1.82, 2.24) is 19.5 Å². The molecule has 9 nitrogen and oxygen atoms in total. The number of amides is 1. The summed E-state index contributed by atoms with van der Waals surface area (Å²) >= 11 is 0. The van der Waals surface area contributed by atoms with Crippen LogP contribution in [0.1, 0.15) is 23.5 Å². The molecule has 4 rings (SSSR count). The SMILES string of the molecule is CC1(F)C(O)C(CO)OC1n1cnc2c(NC(=O)c3ccccc3)ncnc21. The number of aliphatic hydroxyl groups is 2. The number of halogens is 1. The highest BCUT2D eigenvalue weighted by molar-refractivity contribution is 6.06. The van der Waals surface area contributed by atoms with Crippen molar-refractivity contribution >= 4 is 22.9 Å². The third-order valence-electron chi connectivity index (χ3n) is 4.78. The Morgan fingerprint density at radius 2 is 2.07 bits per heavy atom. The number of benzene rings is 1. The van der Waals surface area contributed by atoms with Gasteiger partial charge in [0.1, 0.15) is 18.5 Å². The topological polar surface area (TPSA) is 122 Å². The van der Waals surface area contributed by atoms with Gasteiger partial charge in [0.2, 0.25) is 0 Å². The Morgan fingerprint density at radius 1 is 1.32 bits per heavy atom. The molecule has 1 saturated heterocycles. The van der Waals surface area contributed by atoms with E-state index in [1.54, 1.807) is 30.3 Å². The van der Waals surface area contributed by atoms with Gasteiger partial charge in [-0.1, -0.05) is 18.2 Å². The molecule has 28 heavy (non-hydrogen) atoms. The first-order valence-corrected chi connectivity index (χ1v) is 8.60. The molecule has 3 aromatic rings.